The van der Waals surface area contributed by atoms with Gasteiger partial charge in [0.05, 0.1) is 18.4 Å². The normalized spacial score (nSPS) is 10.3. The van der Waals surface area contributed by atoms with Crippen LogP contribution >= 0.6 is 27.3 Å². The van der Waals surface area contributed by atoms with Crippen LogP contribution in [0.4, 0.5) is 5.13 Å². The minimum atomic E-state index is -0.232. The zero-order valence-corrected chi connectivity index (χ0v) is 14.6. The molecular formula is C17H13BrN2O2S. The Bertz CT molecular complexity index is 834. The SMILES string of the molecule is COc1ccc(Br)c(C(=O)Nc2nc(-c3ccccc3)cs2)c1. The number of hydrogen-bond acceptors (Lipinski definition) is 4. The van der Waals surface area contributed by atoms with Crippen molar-refractivity contribution in [3.8, 4) is 17.0 Å². The summed E-state index contributed by atoms with van der Waals surface area (Å²) in [7, 11) is 1.57. The number of nitrogens with one attached hydrogen (secondary N) is 1. The quantitative estimate of drug-likeness (QED) is 0.695. The van der Waals surface area contributed by atoms with Crippen molar-refractivity contribution >= 4 is 38.3 Å². The summed E-state index contributed by atoms with van der Waals surface area (Å²) < 4.78 is 5.86. The van der Waals surface area contributed by atoms with Gasteiger partial charge in [-0.2, -0.15) is 0 Å². The van der Waals surface area contributed by atoms with Crippen LogP contribution in [0, 0.1) is 0 Å². The number of carbonyl (C=O) groups is 1. The second kappa shape index (κ2) is 6.93. The molecule has 1 N–H and O–H groups in total. The van der Waals surface area contributed by atoms with Gasteiger partial charge in [0, 0.05) is 15.4 Å². The van der Waals surface area contributed by atoms with Crippen LogP contribution in [0.25, 0.3) is 11.3 Å². The number of amides is 1. The molecule has 0 unspecified atom stereocenters. The highest BCUT2D eigenvalue weighted by atomic mass is 79.9. The topological polar surface area (TPSA) is 51.2 Å². The van der Waals surface area contributed by atoms with Gasteiger partial charge >= 0.3 is 0 Å². The van der Waals surface area contributed by atoms with Gasteiger partial charge in [-0.25, -0.2) is 4.98 Å². The van der Waals surface area contributed by atoms with E-state index in [1.54, 1.807) is 25.3 Å². The first-order chi connectivity index (χ1) is 11.2. The predicted molar refractivity (Wildman–Crippen MR) is 96.2 cm³/mol. The average molecular weight is 389 g/mol. The van der Waals surface area contributed by atoms with Crippen molar-refractivity contribution in [2.45, 2.75) is 0 Å². The Labute approximate surface area is 146 Å². The molecule has 0 atom stereocenters. The molecule has 3 rings (SSSR count). The monoisotopic (exact) mass is 388 g/mol. The fourth-order valence-electron chi connectivity index (χ4n) is 2.04. The third-order valence-corrected chi connectivity index (χ3v) is 4.66. The molecule has 6 heteroatoms. The van der Waals surface area contributed by atoms with Gasteiger partial charge in [0.15, 0.2) is 5.13 Å². The number of ether oxygens (including phenoxy) is 1. The molecule has 1 aromatic heterocycles. The maximum Gasteiger partial charge on any atom is 0.258 e. The molecule has 3 aromatic rings. The van der Waals surface area contributed by atoms with Gasteiger partial charge in [0.2, 0.25) is 0 Å². The molecule has 0 aliphatic carbocycles. The Morgan fingerprint density at radius 3 is 2.74 bits per heavy atom. The molecule has 23 heavy (non-hydrogen) atoms. The standard InChI is InChI=1S/C17H13BrN2O2S/c1-22-12-7-8-14(18)13(9-12)16(21)20-17-19-15(10-23-17)11-5-3-2-4-6-11/h2-10H,1H3,(H,19,20,21). The molecule has 2 aromatic carbocycles. The lowest BCUT2D eigenvalue weighted by atomic mass is 10.2. The third kappa shape index (κ3) is 3.60. The number of nitrogens with zero attached hydrogens (tertiary/aromatic N) is 1. The summed E-state index contributed by atoms with van der Waals surface area (Å²) in [5.74, 6) is 0.396. The molecule has 0 fully saturated rings. The molecule has 116 valence electrons. The Balaban J connectivity index is 1.80. The summed E-state index contributed by atoms with van der Waals surface area (Å²) in [6.07, 6.45) is 0. The number of rotatable bonds is 4. The number of benzene rings is 2. The van der Waals surface area contributed by atoms with E-state index in [0.717, 1.165) is 11.3 Å². The van der Waals surface area contributed by atoms with Crippen molar-refractivity contribution in [1.82, 2.24) is 4.98 Å². The van der Waals surface area contributed by atoms with Gasteiger partial charge in [-0.15, -0.1) is 11.3 Å². The first-order valence-corrected chi connectivity index (χ1v) is 8.50. The van der Waals surface area contributed by atoms with Crippen LogP contribution in [0.3, 0.4) is 0 Å². The Hall–Kier alpha value is -2.18. The fraction of sp³-hybridized carbons (Fsp3) is 0.0588. The fourth-order valence-corrected chi connectivity index (χ4v) is 3.18. The van der Waals surface area contributed by atoms with E-state index in [-0.39, 0.29) is 5.91 Å². The Kier molecular flexibility index (Phi) is 4.73. The Morgan fingerprint density at radius 2 is 2.00 bits per heavy atom. The molecule has 0 saturated carbocycles. The van der Waals surface area contributed by atoms with E-state index in [1.165, 1.54) is 11.3 Å². The number of hydrogen-bond donors (Lipinski definition) is 1. The van der Waals surface area contributed by atoms with Gasteiger partial charge in [-0.05, 0) is 34.1 Å². The van der Waals surface area contributed by atoms with Crippen LogP contribution in [-0.4, -0.2) is 18.0 Å². The van der Waals surface area contributed by atoms with E-state index in [0.29, 0.717) is 20.9 Å². The van der Waals surface area contributed by atoms with Crippen molar-refractivity contribution in [2.24, 2.45) is 0 Å². The zero-order valence-electron chi connectivity index (χ0n) is 12.2. The first kappa shape index (κ1) is 15.7. The lowest BCUT2D eigenvalue weighted by Crippen LogP contribution is -2.12. The van der Waals surface area contributed by atoms with E-state index >= 15 is 0 Å². The molecule has 0 aliphatic heterocycles. The summed E-state index contributed by atoms with van der Waals surface area (Å²) >= 11 is 4.78. The number of halogens is 1. The second-order valence-corrected chi connectivity index (χ2v) is 6.42. The number of anilines is 1. The predicted octanol–water partition coefficient (Wildman–Crippen LogP) is 4.83. The van der Waals surface area contributed by atoms with E-state index in [9.17, 15) is 4.79 Å². The zero-order chi connectivity index (χ0) is 16.2. The van der Waals surface area contributed by atoms with Gasteiger partial charge in [-0.3, -0.25) is 10.1 Å². The molecule has 0 radical (unpaired) electrons. The van der Waals surface area contributed by atoms with Crippen molar-refractivity contribution in [3.63, 3.8) is 0 Å². The highest BCUT2D eigenvalue weighted by molar-refractivity contribution is 9.10. The van der Waals surface area contributed by atoms with Crippen LogP contribution in [0.1, 0.15) is 10.4 Å². The molecule has 0 bridgehead atoms. The number of carbonyl (C=O) groups excluding carboxylic acids is 1. The minimum absolute atomic E-state index is 0.232. The van der Waals surface area contributed by atoms with Gasteiger partial charge < -0.3 is 4.74 Å². The maximum atomic E-state index is 12.4. The van der Waals surface area contributed by atoms with E-state index in [2.05, 4.69) is 26.2 Å². The number of thiazole rings is 1. The van der Waals surface area contributed by atoms with E-state index < -0.39 is 0 Å². The largest absolute Gasteiger partial charge is 0.497 e. The van der Waals surface area contributed by atoms with Gasteiger partial charge in [0.1, 0.15) is 5.75 Å². The molecule has 0 saturated heterocycles. The highest BCUT2D eigenvalue weighted by Crippen LogP contribution is 2.27. The highest BCUT2D eigenvalue weighted by Gasteiger charge is 2.14. The summed E-state index contributed by atoms with van der Waals surface area (Å²) in [5.41, 5.74) is 2.36. The second-order valence-electron chi connectivity index (χ2n) is 4.70. The smallest absolute Gasteiger partial charge is 0.258 e. The number of aromatic nitrogens is 1. The van der Waals surface area contributed by atoms with Crippen LogP contribution in [-0.2, 0) is 0 Å². The maximum absolute atomic E-state index is 12.4. The van der Waals surface area contributed by atoms with E-state index in [4.69, 9.17) is 4.74 Å². The van der Waals surface area contributed by atoms with Crippen molar-refractivity contribution in [1.29, 1.82) is 0 Å². The van der Waals surface area contributed by atoms with Crippen LogP contribution < -0.4 is 10.1 Å². The average Bonchev–Trinajstić information content (AvgIpc) is 3.04. The first-order valence-electron chi connectivity index (χ1n) is 6.83. The molecule has 4 nitrogen and oxygen atoms in total. The number of methoxy groups -OCH3 is 1. The van der Waals surface area contributed by atoms with Crippen molar-refractivity contribution in [2.75, 3.05) is 12.4 Å². The van der Waals surface area contributed by atoms with Crippen molar-refractivity contribution in [3.05, 3.63) is 63.9 Å². The lowest BCUT2D eigenvalue weighted by molar-refractivity contribution is 0.102. The molecule has 1 amide bonds. The summed E-state index contributed by atoms with van der Waals surface area (Å²) in [4.78, 5) is 16.9. The van der Waals surface area contributed by atoms with E-state index in [1.807, 2.05) is 35.7 Å². The molecule has 1 heterocycles. The van der Waals surface area contributed by atoms with Gasteiger partial charge in [-0.1, -0.05) is 30.3 Å². The summed E-state index contributed by atoms with van der Waals surface area (Å²) in [6.45, 7) is 0. The molecular weight excluding hydrogens is 376 g/mol. The summed E-state index contributed by atoms with van der Waals surface area (Å²) in [6, 6.07) is 15.1. The minimum Gasteiger partial charge on any atom is -0.497 e. The van der Waals surface area contributed by atoms with Gasteiger partial charge in [0.25, 0.3) is 5.91 Å². The molecule has 0 spiro atoms. The Morgan fingerprint density at radius 1 is 1.22 bits per heavy atom. The third-order valence-electron chi connectivity index (χ3n) is 3.21. The molecule has 0 aliphatic rings. The summed E-state index contributed by atoms with van der Waals surface area (Å²) in [5, 5.41) is 5.30. The van der Waals surface area contributed by atoms with Crippen LogP contribution in [0.2, 0.25) is 0 Å². The van der Waals surface area contributed by atoms with Crippen LogP contribution in [0.15, 0.2) is 58.4 Å². The van der Waals surface area contributed by atoms with Crippen LogP contribution in [0.5, 0.6) is 5.75 Å². The van der Waals surface area contributed by atoms with Crippen molar-refractivity contribution < 1.29 is 9.53 Å². The lowest BCUT2D eigenvalue weighted by Gasteiger charge is -2.06.